The van der Waals surface area contributed by atoms with Gasteiger partial charge >= 0.3 is 0 Å². The number of nitriles is 1. The zero-order valence-corrected chi connectivity index (χ0v) is 15.2. The third kappa shape index (κ3) is 5.08. The fraction of sp³-hybridized carbons (Fsp3) is 0.222. The number of amides is 1. The van der Waals surface area contributed by atoms with Gasteiger partial charge in [-0.2, -0.15) is 5.26 Å². The number of halogens is 1. The van der Waals surface area contributed by atoms with E-state index in [4.69, 9.17) is 10.00 Å². The number of carbonyl (C=O) groups excluding carboxylic acids is 1. The molecule has 2 rings (SSSR count). The maximum atomic E-state index is 12.2. The van der Waals surface area contributed by atoms with E-state index in [0.717, 1.165) is 20.7 Å². The maximum absolute atomic E-state index is 12.2. The number of likely N-dealkylation sites (N-methyl/N-ethyl adjacent to an activating group) is 1. The van der Waals surface area contributed by atoms with Gasteiger partial charge in [0.15, 0.2) is 6.54 Å². The van der Waals surface area contributed by atoms with E-state index < -0.39 is 0 Å². The van der Waals surface area contributed by atoms with Gasteiger partial charge in [-0.25, -0.2) is 0 Å². The van der Waals surface area contributed by atoms with Gasteiger partial charge in [0, 0.05) is 15.7 Å². The van der Waals surface area contributed by atoms with E-state index in [1.165, 1.54) is 0 Å². The quantitative estimate of drug-likeness (QED) is 0.794. The third-order valence-corrected chi connectivity index (χ3v) is 3.99. The number of carbonyl (C=O) groups is 1. The zero-order chi connectivity index (χ0) is 17.5. The highest BCUT2D eigenvalue weighted by Crippen LogP contribution is 2.22. The van der Waals surface area contributed by atoms with Crippen molar-refractivity contribution < 1.29 is 14.4 Å². The predicted octanol–water partition coefficient (Wildman–Crippen LogP) is 1.98. The van der Waals surface area contributed by atoms with E-state index in [9.17, 15) is 4.79 Å². The number of anilines is 1. The average Bonchev–Trinajstić information content (AvgIpc) is 2.55. The molecule has 2 aromatic carbocycles. The molecule has 0 aliphatic rings. The molecule has 0 bridgehead atoms. The van der Waals surface area contributed by atoms with Crippen molar-refractivity contribution in [3.8, 4) is 11.8 Å². The normalized spacial score (nSPS) is 11.4. The molecule has 0 fully saturated rings. The average molecular weight is 389 g/mol. The fourth-order valence-electron chi connectivity index (χ4n) is 2.38. The van der Waals surface area contributed by atoms with Gasteiger partial charge in [-0.1, -0.05) is 15.9 Å². The first-order valence-electron chi connectivity index (χ1n) is 7.45. The van der Waals surface area contributed by atoms with Crippen LogP contribution in [0, 0.1) is 11.3 Å². The molecule has 1 unspecified atom stereocenters. The molecule has 0 saturated carbocycles. The molecule has 0 heterocycles. The van der Waals surface area contributed by atoms with Gasteiger partial charge in [0.05, 0.1) is 25.8 Å². The van der Waals surface area contributed by atoms with E-state index in [2.05, 4.69) is 21.2 Å². The molecule has 0 spiro atoms. The number of rotatable bonds is 6. The molecule has 5 nitrogen and oxygen atoms in total. The van der Waals surface area contributed by atoms with E-state index >= 15 is 0 Å². The van der Waals surface area contributed by atoms with Crippen molar-refractivity contribution in [3.05, 3.63) is 58.1 Å². The van der Waals surface area contributed by atoms with Crippen LogP contribution in [0.4, 0.5) is 5.69 Å². The molecular weight excluding hydrogens is 370 g/mol. The second kappa shape index (κ2) is 8.48. The van der Waals surface area contributed by atoms with Crippen LogP contribution in [0.3, 0.4) is 0 Å². The number of nitrogens with one attached hydrogen (secondary N) is 2. The van der Waals surface area contributed by atoms with Crippen LogP contribution in [-0.4, -0.2) is 26.6 Å². The summed E-state index contributed by atoms with van der Waals surface area (Å²) in [6.45, 7) is 0.999. The maximum Gasteiger partial charge on any atom is 0.279 e. The Morgan fingerprint density at radius 3 is 2.62 bits per heavy atom. The van der Waals surface area contributed by atoms with Crippen molar-refractivity contribution in [2.45, 2.75) is 6.54 Å². The second-order valence-electron chi connectivity index (χ2n) is 5.50. The molecule has 2 N–H and O–H groups in total. The molecule has 1 atom stereocenters. The molecule has 0 aliphatic carbocycles. The lowest BCUT2D eigenvalue weighted by Crippen LogP contribution is -3.08. The van der Waals surface area contributed by atoms with E-state index in [0.29, 0.717) is 24.3 Å². The highest BCUT2D eigenvalue weighted by atomic mass is 79.9. The lowest BCUT2D eigenvalue weighted by atomic mass is 10.2. The van der Waals surface area contributed by atoms with Gasteiger partial charge in [-0.3, -0.25) is 4.79 Å². The molecule has 6 heteroatoms. The number of hydrogen-bond acceptors (Lipinski definition) is 3. The molecule has 24 heavy (non-hydrogen) atoms. The van der Waals surface area contributed by atoms with Crippen LogP contribution in [0.25, 0.3) is 0 Å². The van der Waals surface area contributed by atoms with E-state index in [1.807, 2.05) is 31.3 Å². The minimum absolute atomic E-state index is 0.0776. The van der Waals surface area contributed by atoms with Crippen LogP contribution in [0.15, 0.2) is 46.9 Å². The highest BCUT2D eigenvalue weighted by Gasteiger charge is 2.14. The molecule has 0 saturated heterocycles. The molecule has 0 radical (unpaired) electrons. The topological polar surface area (TPSA) is 66.6 Å². The summed E-state index contributed by atoms with van der Waals surface area (Å²) in [7, 11) is 3.60. The molecule has 0 aromatic heterocycles. The van der Waals surface area contributed by atoms with Crippen LogP contribution >= 0.6 is 15.9 Å². The number of ether oxygens (including phenoxy) is 1. The number of nitrogens with zero attached hydrogens (tertiary/aromatic N) is 1. The molecule has 1 amide bonds. The zero-order valence-electron chi connectivity index (χ0n) is 13.6. The minimum Gasteiger partial charge on any atom is -0.496 e. The SMILES string of the molecule is COc1ccc(Br)cc1C[NH+](C)CC(=O)Nc1ccc(C#N)cc1. The largest absolute Gasteiger partial charge is 0.496 e. The summed E-state index contributed by atoms with van der Waals surface area (Å²) in [6.07, 6.45) is 0. The Kier molecular flexibility index (Phi) is 6.36. The molecule has 124 valence electrons. The highest BCUT2D eigenvalue weighted by molar-refractivity contribution is 9.10. The van der Waals surface area contributed by atoms with Crippen molar-refractivity contribution in [2.24, 2.45) is 0 Å². The monoisotopic (exact) mass is 388 g/mol. The minimum atomic E-state index is -0.0776. The number of methoxy groups -OCH3 is 1. The van der Waals surface area contributed by atoms with Crippen LogP contribution in [0.1, 0.15) is 11.1 Å². The first-order valence-corrected chi connectivity index (χ1v) is 8.25. The Bertz CT molecular complexity index is 754. The molecule has 0 aliphatic heterocycles. The van der Waals surface area contributed by atoms with Gasteiger partial charge in [0.2, 0.25) is 0 Å². The van der Waals surface area contributed by atoms with Crippen LogP contribution in [0.5, 0.6) is 5.75 Å². The van der Waals surface area contributed by atoms with Gasteiger partial charge in [-0.05, 0) is 42.5 Å². The summed E-state index contributed by atoms with van der Waals surface area (Å²) in [5.74, 6) is 0.733. The first kappa shape index (κ1) is 18.0. The summed E-state index contributed by atoms with van der Waals surface area (Å²) in [6, 6.07) is 14.7. The van der Waals surface area contributed by atoms with Gasteiger partial charge < -0.3 is 15.0 Å². The summed E-state index contributed by atoms with van der Waals surface area (Å²) >= 11 is 3.46. The Balaban J connectivity index is 1.94. The fourth-order valence-corrected chi connectivity index (χ4v) is 2.79. The van der Waals surface area contributed by atoms with Crippen LogP contribution in [0.2, 0.25) is 0 Å². The van der Waals surface area contributed by atoms with Crippen molar-refractivity contribution in [2.75, 3.05) is 26.0 Å². The Morgan fingerprint density at radius 1 is 1.29 bits per heavy atom. The second-order valence-corrected chi connectivity index (χ2v) is 6.42. The summed E-state index contributed by atoms with van der Waals surface area (Å²) < 4.78 is 6.34. The Labute approximate surface area is 150 Å². The first-order chi connectivity index (χ1) is 11.5. The lowest BCUT2D eigenvalue weighted by molar-refractivity contribution is -0.885. The molecule has 2 aromatic rings. The summed E-state index contributed by atoms with van der Waals surface area (Å²) in [5, 5.41) is 11.6. The van der Waals surface area contributed by atoms with Crippen LogP contribution < -0.4 is 15.0 Å². The summed E-state index contributed by atoms with van der Waals surface area (Å²) in [4.78, 5) is 13.2. The standard InChI is InChI=1S/C18H18BrN3O2/c1-22(11-14-9-15(19)5-8-17(14)24-2)12-18(23)21-16-6-3-13(10-20)4-7-16/h3-9H,11-12H2,1-2H3,(H,21,23)/p+1. The van der Waals surface area contributed by atoms with Crippen molar-refractivity contribution >= 4 is 27.5 Å². The third-order valence-electron chi connectivity index (χ3n) is 3.49. The summed E-state index contributed by atoms with van der Waals surface area (Å²) in [5.41, 5.74) is 2.29. The van der Waals surface area contributed by atoms with Gasteiger partial charge in [-0.15, -0.1) is 0 Å². The van der Waals surface area contributed by atoms with Crippen LogP contribution in [-0.2, 0) is 11.3 Å². The van der Waals surface area contributed by atoms with Crippen molar-refractivity contribution in [1.29, 1.82) is 5.26 Å². The smallest absolute Gasteiger partial charge is 0.279 e. The van der Waals surface area contributed by atoms with E-state index in [1.54, 1.807) is 31.4 Å². The Hall–Kier alpha value is -2.36. The molecular formula is C18H19BrN3O2+. The van der Waals surface area contributed by atoms with E-state index in [-0.39, 0.29) is 5.91 Å². The van der Waals surface area contributed by atoms with Crippen molar-refractivity contribution in [1.82, 2.24) is 0 Å². The van der Waals surface area contributed by atoms with Gasteiger partial charge in [0.1, 0.15) is 12.3 Å². The van der Waals surface area contributed by atoms with Crippen molar-refractivity contribution in [3.63, 3.8) is 0 Å². The Morgan fingerprint density at radius 2 is 2.00 bits per heavy atom. The number of quaternary nitrogens is 1. The number of benzene rings is 2. The predicted molar refractivity (Wildman–Crippen MR) is 95.9 cm³/mol. The lowest BCUT2D eigenvalue weighted by Gasteiger charge is -2.16. The number of hydrogen-bond donors (Lipinski definition) is 2. The van der Waals surface area contributed by atoms with Gasteiger partial charge in [0.25, 0.3) is 5.91 Å².